The van der Waals surface area contributed by atoms with Crippen LogP contribution in [0.25, 0.3) is 0 Å². The average molecular weight is 223 g/mol. The van der Waals surface area contributed by atoms with E-state index in [1.54, 1.807) is 0 Å². The first-order chi connectivity index (χ1) is 8.34. The summed E-state index contributed by atoms with van der Waals surface area (Å²) in [6.45, 7) is 3.23. The first kappa shape index (κ1) is 10.5. The Hall–Kier alpha value is -1.60. The summed E-state index contributed by atoms with van der Waals surface area (Å²) in [5.74, 6) is 0. The van der Waals surface area contributed by atoms with Gasteiger partial charge in [-0.2, -0.15) is 0 Å². The van der Waals surface area contributed by atoms with Gasteiger partial charge in [0.2, 0.25) is 0 Å². The van der Waals surface area contributed by atoms with E-state index in [1.165, 1.54) is 22.3 Å². The van der Waals surface area contributed by atoms with Gasteiger partial charge < -0.3 is 5.32 Å². The van der Waals surface area contributed by atoms with Crippen LogP contribution in [-0.2, 0) is 6.42 Å². The molecule has 3 rings (SSSR count). The van der Waals surface area contributed by atoms with E-state index in [0.717, 1.165) is 13.0 Å². The van der Waals surface area contributed by atoms with Gasteiger partial charge in [-0.3, -0.25) is 0 Å². The van der Waals surface area contributed by atoms with Gasteiger partial charge in [-0.15, -0.1) is 0 Å². The number of hydrogen-bond acceptors (Lipinski definition) is 1. The molecule has 0 fully saturated rings. The highest BCUT2D eigenvalue weighted by atomic mass is 14.9. The van der Waals surface area contributed by atoms with Gasteiger partial charge in [0.1, 0.15) is 0 Å². The van der Waals surface area contributed by atoms with Crippen LogP contribution >= 0.6 is 0 Å². The van der Waals surface area contributed by atoms with Gasteiger partial charge in [-0.05, 0) is 30.0 Å². The molecule has 1 nitrogen and oxygen atoms in total. The summed E-state index contributed by atoms with van der Waals surface area (Å²) in [6.07, 6.45) is 1.14. The molecule has 0 aromatic heterocycles. The predicted molar refractivity (Wildman–Crippen MR) is 71.2 cm³/mol. The maximum absolute atomic E-state index is 3.61. The Balaban J connectivity index is 2.06. The molecule has 0 saturated heterocycles. The van der Waals surface area contributed by atoms with Crippen molar-refractivity contribution < 1.29 is 0 Å². The van der Waals surface area contributed by atoms with Crippen LogP contribution in [0.15, 0.2) is 48.5 Å². The summed E-state index contributed by atoms with van der Waals surface area (Å²) in [4.78, 5) is 0. The Kier molecular flexibility index (Phi) is 2.69. The second-order valence-corrected chi connectivity index (χ2v) is 4.75. The van der Waals surface area contributed by atoms with Gasteiger partial charge in [0.05, 0.1) is 6.04 Å². The van der Waals surface area contributed by atoms with Gasteiger partial charge in [-0.25, -0.2) is 0 Å². The lowest BCUT2D eigenvalue weighted by Crippen LogP contribution is -2.30. The number of aryl methyl sites for hydroxylation is 1. The molecule has 0 bridgehead atoms. The van der Waals surface area contributed by atoms with Crippen molar-refractivity contribution in [1.29, 1.82) is 0 Å². The van der Waals surface area contributed by atoms with Crippen molar-refractivity contribution in [3.8, 4) is 0 Å². The second kappa shape index (κ2) is 4.34. The molecular formula is C16H17N. The number of fused-ring (bicyclic) bond motifs is 1. The van der Waals surface area contributed by atoms with Crippen molar-refractivity contribution in [3.05, 3.63) is 70.8 Å². The van der Waals surface area contributed by atoms with E-state index in [0.29, 0.717) is 6.04 Å². The number of benzene rings is 2. The van der Waals surface area contributed by atoms with Crippen LogP contribution in [0.4, 0.5) is 0 Å². The van der Waals surface area contributed by atoms with Crippen molar-refractivity contribution >= 4 is 0 Å². The summed E-state index contributed by atoms with van der Waals surface area (Å²) in [7, 11) is 0. The Bertz CT molecular complexity index is 516. The van der Waals surface area contributed by atoms with Crippen LogP contribution in [0, 0.1) is 6.92 Å². The van der Waals surface area contributed by atoms with E-state index >= 15 is 0 Å². The molecular weight excluding hydrogens is 206 g/mol. The third-order valence-corrected chi connectivity index (χ3v) is 3.49. The quantitative estimate of drug-likeness (QED) is 0.782. The molecule has 17 heavy (non-hydrogen) atoms. The van der Waals surface area contributed by atoms with Crippen molar-refractivity contribution in [1.82, 2.24) is 5.32 Å². The molecule has 1 heteroatoms. The molecule has 1 unspecified atom stereocenters. The van der Waals surface area contributed by atoms with Crippen molar-refractivity contribution in [2.45, 2.75) is 19.4 Å². The van der Waals surface area contributed by atoms with Gasteiger partial charge >= 0.3 is 0 Å². The number of rotatable bonds is 1. The fourth-order valence-corrected chi connectivity index (χ4v) is 2.64. The predicted octanol–water partition coefficient (Wildman–Crippen LogP) is 3.23. The van der Waals surface area contributed by atoms with Crippen LogP contribution < -0.4 is 5.32 Å². The zero-order chi connectivity index (χ0) is 11.7. The SMILES string of the molecule is Cc1ccc2c(c1)CCNC2c1ccccc1. The lowest BCUT2D eigenvalue weighted by molar-refractivity contribution is 0.567. The molecule has 1 heterocycles. The van der Waals surface area contributed by atoms with E-state index in [-0.39, 0.29) is 0 Å². The summed E-state index contributed by atoms with van der Waals surface area (Å²) < 4.78 is 0. The minimum Gasteiger partial charge on any atom is -0.306 e. The molecule has 86 valence electrons. The maximum Gasteiger partial charge on any atom is 0.0579 e. The Labute approximate surface area is 102 Å². The average Bonchev–Trinajstić information content (AvgIpc) is 2.39. The molecule has 2 aromatic carbocycles. The third kappa shape index (κ3) is 1.98. The normalized spacial score (nSPS) is 18.8. The molecule has 1 aliphatic heterocycles. The largest absolute Gasteiger partial charge is 0.306 e. The molecule has 0 radical (unpaired) electrons. The Morgan fingerprint density at radius 2 is 1.88 bits per heavy atom. The smallest absolute Gasteiger partial charge is 0.0579 e. The Morgan fingerprint density at radius 1 is 1.06 bits per heavy atom. The second-order valence-electron chi connectivity index (χ2n) is 4.75. The molecule has 1 aliphatic rings. The summed E-state index contributed by atoms with van der Waals surface area (Å²) in [5, 5.41) is 3.61. The lowest BCUT2D eigenvalue weighted by atomic mass is 9.89. The van der Waals surface area contributed by atoms with Crippen molar-refractivity contribution in [3.63, 3.8) is 0 Å². The number of nitrogens with one attached hydrogen (secondary N) is 1. The van der Waals surface area contributed by atoms with E-state index in [9.17, 15) is 0 Å². The molecule has 0 aliphatic carbocycles. The summed E-state index contributed by atoms with van der Waals surface area (Å²) in [6, 6.07) is 17.9. The molecule has 2 aromatic rings. The van der Waals surface area contributed by atoms with E-state index in [1.807, 2.05) is 0 Å². The first-order valence-electron chi connectivity index (χ1n) is 6.22. The molecule has 1 atom stereocenters. The third-order valence-electron chi connectivity index (χ3n) is 3.49. The first-order valence-corrected chi connectivity index (χ1v) is 6.22. The molecule has 1 N–H and O–H groups in total. The number of hydrogen-bond donors (Lipinski definition) is 1. The van der Waals surface area contributed by atoms with E-state index in [2.05, 4.69) is 60.8 Å². The topological polar surface area (TPSA) is 12.0 Å². The standard InChI is InChI=1S/C16H17N/c1-12-7-8-15-14(11-12)9-10-17-16(15)13-5-3-2-4-6-13/h2-8,11,16-17H,9-10H2,1H3. The zero-order valence-corrected chi connectivity index (χ0v) is 10.1. The van der Waals surface area contributed by atoms with Gasteiger partial charge in [0.25, 0.3) is 0 Å². The van der Waals surface area contributed by atoms with Crippen molar-refractivity contribution in [2.75, 3.05) is 6.54 Å². The van der Waals surface area contributed by atoms with Gasteiger partial charge in [-0.1, -0.05) is 54.1 Å². The van der Waals surface area contributed by atoms with Crippen LogP contribution in [0.1, 0.15) is 28.3 Å². The molecule has 0 saturated carbocycles. The summed E-state index contributed by atoms with van der Waals surface area (Å²) in [5.41, 5.74) is 5.65. The summed E-state index contributed by atoms with van der Waals surface area (Å²) >= 11 is 0. The van der Waals surface area contributed by atoms with Gasteiger partial charge in [0.15, 0.2) is 0 Å². The zero-order valence-electron chi connectivity index (χ0n) is 10.1. The van der Waals surface area contributed by atoms with Crippen molar-refractivity contribution in [2.24, 2.45) is 0 Å². The van der Waals surface area contributed by atoms with E-state index < -0.39 is 0 Å². The lowest BCUT2D eigenvalue weighted by Gasteiger charge is -2.27. The van der Waals surface area contributed by atoms with Crippen LogP contribution in [-0.4, -0.2) is 6.54 Å². The monoisotopic (exact) mass is 223 g/mol. The minimum atomic E-state index is 0.362. The fraction of sp³-hybridized carbons (Fsp3) is 0.250. The highest BCUT2D eigenvalue weighted by Crippen LogP contribution is 2.28. The van der Waals surface area contributed by atoms with Crippen LogP contribution in [0.3, 0.4) is 0 Å². The molecule has 0 amide bonds. The minimum absolute atomic E-state index is 0.362. The molecule has 0 spiro atoms. The Morgan fingerprint density at radius 3 is 2.71 bits per heavy atom. The van der Waals surface area contributed by atoms with Gasteiger partial charge in [0, 0.05) is 6.54 Å². The maximum atomic E-state index is 3.61. The fourth-order valence-electron chi connectivity index (χ4n) is 2.64. The highest BCUT2D eigenvalue weighted by Gasteiger charge is 2.20. The van der Waals surface area contributed by atoms with Crippen LogP contribution in [0.5, 0.6) is 0 Å². The van der Waals surface area contributed by atoms with Crippen LogP contribution in [0.2, 0.25) is 0 Å². The van der Waals surface area contributed by atoms with E-state index in [4.69, 9.17) is 0 Å². The highest BCUT2D eigenvalue weighted by molar-refractivity contribution is 5.41.